The predicted octanol–water partition coefficient (Wildman–Crippen LogP) is -1.03. The molecule has 1 rings (SSSR count). The molecule has 0 saturated carbocycles. The van der Waals surface area contributed by atoms with E-state index in [9.17, 15) is 13.2 Å². The van der Waals surface area contributed by atoms with Crippen molar-refractivity contribution in [1.29, 1.82) is 0 Å². The van der Waals surface area contributed by atoms with E-state index in [1.807, 2.05) is 0 Å². The normalized spacial score (nSPS) is 11.1. The third-order valence-electron chi connectivity index (χ3n) is 1.70. The van der Waals surface area contributed by atoms with Gasteiger partial charge in [0.1, 0.15) is 0 Å². The molecule has 7 nitrogen and oxygen atoms in total. The summed E-state index contributed by atoms with van der Waals surface area (Å²) < 4.78 is 23.1. The van der Waals surface area contributed by atoms with Crippen molar-refractivity contribution < 1.29 is 13.2 Å². The first-order valence-electron chi connectivity index (χ1n) is 3.88. The quantitative estimate of drug-likeness (QED) is 0.714. The molecule has 0 spiro atoms. The van der Waals surface area contributed by atoms with Crippen LogP contribution in [0.25, 0.3) is 0 Å². The Morgan fingerprint density at radius 1 is 1.40 bits per heavy atom. The zero-order valence-corrected chi connectivity index (χ0v) is 9.02. The Labute approximate surface area is 87.0 Å². The molecule has 82 valence electrons. The number of aromatic nitrogens is 2. The second kappa shape index (κ2) is 3.81. The lowest BCUT2D eigenvalue weighted by molar-refractivity contribution is 0.0999. The van der Waals surface area contributed by atoms with Gasteiger partial charge in [-0.1, -0.05) is 0 Å². The van der Waals surface area contributed by atoms with E-state index < -0.39 is 15.9 Å². The fourth-order valence-corrected chi connectivity index (χ4v) is 1.15. The summed E-state index contributed by atoms with van der Waals surface area (Å²) in [4.78, 5) is 18.1. The number of hydrogen-bond acceptors (Lipinski definition) is 5. The SMILES string of the molecule is CN(c1ncc(C(N)=O)cn1)S(C)(=O)=O. The summed E-state index contributed by atoms with van der Waals surface area (Å²) in [6.45, 7) is 0. The number of anilines is 1. The van der Waals surface area contributed by atoms with Gasteiger partial charge in [0.2, 0.25) is 16.0 Å². The van der Waals surface area contributed by atoms with Gasteiger partial charge in [0, 0.05) is 19.4 Å². The monoisotopic (exact) mass is 230 g/mol. The summed E-state index contributed by atoms with van der Waals surface area (Å²) in [7, 11) is -2.08. The summed E-state index contributed by atoms with van der Waals surface area (Å²) >= 11 is 0. The maximum atomic E-state index is 11.1. The molecule has 8 heteroatoms. The van der Waals surface area contributed by atoms with Crippen LogP contribution in [0.4, 0.5) is 5.95 Å². The van der Waals surface area contributed by atoms with E-state index >= 15 is 0 Å². The van der Waals surface area contributed by atoms with Gasteiger partial charge >= 0.3 is 0 Å². The van der Waals surface area contributed by atoms with Gasteiger partial charge in [0.25, 0.3) is 5.91 Å². The second-order valence-electron chi connectivity index (χ2n) is 2.87. The number of sulfonamides is 1. The van der Waals surface area contributed by atoms with E-state index in [0.717, 1.165) is 10.6 Å². The van der Waals surface area contributed by atoms with Crippen molar-refractivity contribution in [2.45, 2.75) is 0 Å². The molecule has 0 aromatic carbocycles. The lowest BCUT2D eigenvalue weighted by Gasteiger charge is -2.13. The largest absolute Gasteiger partial charge is 0.366 e. The van der Waals surface area contributed by atoms with Crippen molar-refractivity contribution in [3.63, 3.8) is 0 Å². The molecule has 1 amide bonds. The number of amides is 1. The van der Waals surface area contributed by atoms with Crippen LogP contribution in [0.3, 0.4) is 0 Å². The van der Waals surface area contributed by atoms with E-state index in [0.29, 0.717) is 0 Å². The molecule has 0 fully saturated rings. The Balaban J connectivity index is 3.05. The number of carbonyl (C=O) groups is 1. The van der Waals surface area contributed by atoms with Gasteiger partial charge in [-0.15, -0.1) is 0 Å². The lowest BCUT2D eigenvalue weighted by atomic mass is 10.3. The summed E-state index contributed by atoms with van der Waals surface area (Å²) in [6.07, 6.45) is 3.37. The molecule has 0 aliphatic heterocycles. The van der Waals surface area contributed by atoms with Crippen LogP contribution in [0.15, 0.2) is 12.4 Å². The summed E-state index contributed by atoms with van der Waals surface area (Å²) in [5.74, 6) is -0.675. The summed E-state index contributed by atoms with van der Waals surface area (Å²) in [5, 5.41) is 0. The number of carbonyl (C=O) groups excluding carboxylic acids is 1. The molecule has 2 N–H and O–H groups in total. The van der Waals surface area contributed by atoms with Crippen LogP contribution in [0.5, 0.6) is 0 Å². The van der Waals surface area contributed by atoms with Crippen molar-refractivity contribution in [2.24, 2.45) is 5.73 Å². The standard InChI is InChI=1S/C7H10N4O3S/c1-11(15(2,13)14)7-9-3-5(4-10-7)6(8)12/h3-4H,1-2H3,(H2,8,12). The maximum absolute atomic E-state index is 11.1. The molecule has 0 aliphatic rings. The maximum Gasteiger partial charge on any atom is 0.251 e. The zero-order valence-electron chi connectivity index (χ0n) is 8.21. The highest BCUT2D eigenvalue weighted by molar-refractivity contribution is 7.92. The van der Waals surface area contributed by atoms with Crippen LogP contribution in [0.2, 0.25) is 0 Å². The molecular formula is C7H10N4O3S. The molecule has 0 unspecified atom stereocenters. The van der Waals surface area contributed by atoms with Crippen molar-refractivity contribution in [3.05, 3.63) is 18.0 Å². The number of nitrogens with zero attached hydrogens (tertiary/aromatic N) is 3. The molecule has 0 aliphatic carbocycles. The van der Waals surface area contributed by atoms with E-state index in [1.54, 1.807) is 0 Å². The topological polar surface area (TPSA) is 106 Å². The summed E-state index contributed by atoms with van der Waals surface area (Å²) in [5.41, 5.74) is 5.10. The van der Waals surface area contributed by atoms with Crippen LogP contribution < -0.4 is 10.0 Å². The highest BCUT2D eigenvalue weighted by Gasteiger charge is 2.14. The van der Waals surface area contributed by atoms with Gasteiger partial charge in [0.15, 0.2) is 0 Å². The smallest absolute Gasteiger partial charge is 0.251 e. The second-order valence-corrected chi connectivity index (χ2v) is 4.88. The van der Waals surface area contributed by atoms with E-state index in [2.05, 4.69) is 9.97 Å². The molecule has 0 bridgehead atoms. The fraction of sp³-hybridized carbons (Fsp3) is 0.286. The highest BCUT2D eigenvalue weighted by atomic mass is 32.2. The minimum Gasteiger partial charge on any atom is -0.366 e. The molecular weight excluding hydrogens is 220 g/mol. The average Bonchev–Trinajstić information content (AvgIpc) is 2.15. The van der Waals surface area contributed by atoms with Crippen LogP contribution in [0.1, 0.15) is 10.4 Å². The third-order valence-corrected chi connectivity index (χ3v) is 2.86. The minimum absolute atomic E-state index is 0.0116. The van der Waals surface area contributed by atoms with Crippen molar-refractivity contribution in [3.8, 4) is 0 Å². The van der Waals surface area contributed by atoms with Crippen molar-refractivity contribution >= 4 is 21.9 Å². The molecule has 1 aromatic rings. The van der Waals surface area contributed by atoms with Gasteiger partial charge in [-0.2, -0.15) is 0 Å². The van der Waals surface area contributed by atoms with Crippen LogP contribution in [0, 0.1) is 0 Å². The molecule has 1 heterocycles. The van der Waals surface area contributed by atoms with Gasteiger partial charge in [-0.05, 0) is 0 Å². The van der Waals surface area contributed by atoms with Crippen molar-refractivity contribution in [2.75, 3.05) is 17.6 Å². The first-order valence-corrected chi connectivity index (χ1v) is 5.73. The molecule has 0 radical (unpaired) electrons. The van der Waals surface area contributed by atoms with Gasteiger partial charge in [-0.3, -0.25) is 4.79 Å². The first-order chi connectivity index (χ1) is 6.82. The fourth-order valence-electron chi connectivity index (χ4n) is 0.759. The van der Waals surface area contributed by atoms with Crippen LogP contribution in [-0.2, 0) is 10.0 Å². The van der Waals surface area contributed by atoms with Gasteiger partial charge in [-0.25, -0.2) is 22.7 Å². The predicted molar refractivity (Wildman–Crippen MR) is 53.8 cm³/mol. The Morgan fingerprint density at radius 3 is 2.20 bits per heavy atom. The minimum atomic E-state index is -3.40. The lowest BCUT2D eigenvalue weighted by Crippen LogP contribution is -2.27. The molecule has 1 aromatic heterocycles. The van der Waals surface area contributed by atoms with Crippen LogP contribution in [-0.4, -0.2) is 37.6 Å². The first kappa shape index (κ1) is 11.4. The van der Waals surface area contributed by atoms with Crippen LogP contribution >= 0.6 is 0 Å². The summed E-state index contributed by atoms with van der Waals surface area (Å²) in [6, 6.07) is 0. The molecule has 0 saturated heterocycles. The molecule has 0 atom stereocenters. The average molecular weight is 230 g/mol. The Morgan fingerprint density at radius 2 is 1.87 bits per heavy atom. The van der Waals surface area contributed by atoms with E-state index in [4.69, 9.17) is 5.73 Å². The van der Waals surface area contributed by atoms with E-state index in [-0.39, 0.29) is 11.5 Å². The van der Waals surface area contributed by atoms with Crippen molar-refractivity contribution in [1.82, 2.24) is 9.97 Å². The third kappa shape index (κ3) is 2.62. The number of rotatable bonds is 3. The van der Waals surface area contributed by atoms with E-state index in [1.165, 1.54) is 19.4 Å². The Kier molecular flexibility index (Phi) is 2.89. The van der Waals surface area contributed by atoms with Gasteiger partial charge in [0.05, 0.1) is 11.8 Å². The highest BCUT2D eigenvalue weighted by Crippen LogP contribution is 2.07. The molecule has 15 heavy (non-hydrogen) atoms. The number of primary amides is 1. The Hall–Kier alpha value is -1.70. The number of nitrogens with two attached hydrogens (primary N) is 1. The number of hydrogen-bond donors (Lipinski definition) is 1. The van der Waals surface area contributed by atoms with Gasteiger partial charge < -0.3 is 5.73 Å². The zero-order chi connectivity index (χ0) is 11.6. The Bertz CT molecular complexity index is 468.